The molecule has 1 fully saturated rings. The maximum atomic E-state index is 13.6. The molecule has 1 amide bonds. The average molecular weight is 287 g/mol. The lowest BCUT2D eigenvalue weighted by Crippen LogP contribution is -2.23. The van der Waals surface area contributed by atoms with Crippen LogP contribution in [0.3, 0.4) is 0 Å². The minimum atomic E-state index is -0.758. The van der Waals surface area contributed by atoms with E-state index in [1.165, 1.54) is 6.07 Å². The molecule has 2 aromatic rings. The highest BCUT2D eigenvalue weighted by Gasteiger charge is 2.37. The van der Waals surface area contributed by atoms with Gasteiger partial charge in [0.1, 0.15) is 11.6 Å². The molecule has 4 heteroatoms. The highest BCUT2D eigenvalue weighted by Crippen LogP contribution is 2.43. The summed E-state index contributed by atoms with van der Waals surface area (Å²) in [6.07, 6.45) is 2.00. The summed E-state index contributed by atoms with van der Waals surface area (Å²) in [5.41, 5.74) is 0.947. The normalized spacial score (nSPS) is 15.5. The van der Waals surface area contributed by atoms with Gasteiger partial charge in [-0.25, -0.2) is 8.78 Å². The molecule has 1 aliphatic carbocycles. The Bertz CT molecular complexity index is 653. The summed E-state index contributed by atoms with van der Waals surface area (Å²) in [7, 11) is 0. The second-order valence-corrected chi connectivity index (χ2v) is 5.34. The average Bonchev–Trinajstić information content (AvgIpc) is 3.28. The zero-order valence-electron chi connectivity index (χ0n) is 11.4. The van der Waals surface area contributed by atoms with E-state index in [4.69, 9.17) is 0 Å². The van der Waals surface area contributed by atoms with Crippen LogP contribution in [0.4, 0.5) is 14.5 Å². The highest BCUT2D eigenvalue weighted by atomic mass is 19.1. The minimum Gasteiger partial charge on any atom is -0.323 e. The van der Waals surface area contributed by atoms with E-state index in [1.54, 1.807) is 0 Å². The summed E-state index contributed by atoms with van der Waals surface area (Å²) >= 11 is 0. The molecular weight excluding hydrogens is 272 g/mol. The molecule has 0 spiro atoms. The Morgan fingerprint density at radius 3 is 2.43 bits per heavy atom. The van der Waals surface area contributed by atoms with Crippen molar-refractivity contribution in [2.45, 2.75) is 18.8 Å². The summed E-state index contributed by atoms with van der Waals surface area (Å²) in [5, 5.41) is 2.58. The Labute approximate surface area is 121 Å². The van der Waals surface area contributed by atoms with E-state index in [0.717, 1.165) is 30.5 Å². The first kappa shape index (κ1) is 13.7. The van der Waals surface area contributed by atoms with Crippen molar-refractivity contribution in [3.63, 3.8) is 0 Å². The lowest BCUT2D eigenvalue weighted by Gasteiger charge is -2.17. The number of hydrogen-bond donors (Lipinski definition) is 1. The minimum absolute atomic E-state index is 0.0166. The van der Waals surface area contributed by atoms with Gasteiger partial charge < -0.3 is 5.32 Å². The number of anilines is 1. The van der Waals surface area contributed by atoms with Crippen molar-refractivity contribution >= 4 is 11.6 Å². The summed E-state index contributed by atoms with van der Waals surface area (Å²) < 4.78 is 26.5. The van der Waals surface area contributed by atoms with Crippen LogP contribution in [0.5, 0.6) is 0 Å². The number of halogens is 2. The van der Waals surface area contributed by atoms with Crippen LogP contribution in [-0.4, -0.2) is 5.91 Å². The third-order valence-electron chi connectivity index (χ3n) is 3.72. The molecule has 1 saturated carbocycles. The quantitative estimate of drug-likeness (QED) is 0.901. The van der Waals surface area contributed by atoms with Gasteiger partial charge in [-0.05, 0) is 36.5 Å². The Balaban J connectivity index is 1.82. The lowest BCUT2D eigenvalue weighted by molar-refractivity contribution is -0.118. The smallest absolute Gasteiger partial charge is 0.232 e. The van der Waals surface area contributed by atoms with Crippen LogP contribution in [0.1, 0.15) is 24.3 Å². The molecule has 3 rings (SSSR count). The van der Waals surface area contributed by atoms with Gasteiger partial charge in [0, 0.05) is 6.07 Å². The van der Waals surface area contributed by atoms with E-state index in [0.29, 0.717) is 5.92 Å². The first-order valence-electron chi connectivity index (χ1n) is 6.96. The Morgan fingerprint density at radius 1 is 1.10 bits per heavy atom. The fraction of sp³-hybridized carbons (Fsp3) is 0.235. The summed E-state index contributed by atoms with van der Waals surface area (Å²) in [6, 6.07) is 12.6. The number of rotatable bonds is 4. The molecule has 1 unspecified atom stereocenters. The van der Waals surface area contributed by atoms with Crippen LogP contribution in [0, 0.1) is 17.6 Å². The van der Waals surface area contributed by atoms with Gasteiger partial charge >= 0.3 is 0 Å². The number of amides is 1. The molecule has 0 heterocycles. The van der Waals surface area contributed by atoms with Gasteiger partial charge in [-0.1, -0.05) is 30.3 Å². The molecule has 1 atom stereocenters. The maximum absolute atomic E-state index is 13.6. The third kappa shape index (κ3) is 3.10. The van der Waals surface area contributed by atoms with Crippen molar-refractivity contribution in [2.75, 3.05) is 5.32 Å². The molecule has 108 valence electrons. The fourth-order valence-electron chi connectivity index (χ4n) is 2.53. The number of benzene rings is 2. The largest absolute Gasteiger partial charge is 0.323 e. The molecule has 1 aliphatic rings. The van der Waals surface area contributed by atoms with Crippen LogP contribution in [0.25, 0.3) is 0 Å². The van der Waals surface area contributed by atoms with Crippen LogP contribution in [0.2, 0.25) is 0 Å². The van der Waals surface area contributed by atoms with Crippen molar-refractivity contribution < 1.29 is 13.6 Å². The van der Waals surface area contributed by atoms with Gasteiger partial charge in [0.25, 0.3) is 0 Å². The molecule has 0 aromatic heterocycles. The second kappa shape index (κ2) is 5.64. The molecule has 0 aliphatic heterocycles. The summed E-state index contributed by atoms with van der Waals surface area (Å²) in [6.45, 7) is 0. The Hall–Kier alpha value is -2.23. The van der Waals surface area contributed by atoms with Crippen molar-refractivity contribution in [2.24, 2.45) is 5.92 Å². The zero-order chi connectivity index (χ0) is 14.8. The van der Waals surface area contributed by atoms with E-state index < -0.39 is 11.6 Å². The summed E-state index contributed by atoms with van der Waals surface area (Å²) in [5.74, 6) is -1.64. The second-order valence-electron chi connectivity index (χ2n) is 5.34. The molecular formula is C17H15F2NO. The van der Waals surface area contributed by atoms with Crippen LogP contribution in [-0.2, 0) is 4.79 Å². The van der Waals surface area contributed by atoms with Crippen LogP contribution >= 0.6 is 0 Å². The Morgan fingerprint density at radius 2 is 1.81 bits per heavy atom. The number of hydrogen-bond acceptors (Lipinski definition) is 1. The zero-order valence-corrected chi connectivity index (χ0v) is 11.4. The van der Waals surface area contributed by atoms with Crippen LogP contribution < -0.4 is 5.32 Å². The van der Waals surface area contributed by atoms with Gasteiger partial charge in [-0.2, -0.15) is 0 Å². The van der Waals surface area contributed by atoms with E-state index in [2.05, 4.69) is 5.32 Å². The lowest BCUT2D eigenvalue weighted by atomic mass is 9.93. The topological polar surface area (TPSA) is 29.1 Å². The highest BCUT2D eigenvalue weighted by molar-refractivity contribution is 5.96. The predicted octanol–water partition coefficient (Wildman–Crippen LogP) is 4.10. The van der Waals surface area contributed by atoms with Gasteiger partial charge in [-0.3, -0.25) is 4.79 Å². The predicted molar refractivity (Wildman–Crippen MR) is 76.9 cm³/mol. The van der Waals surface area contributed by atoms with Gasteiger partial charge in [0.15, 0.2) is 0 Å². The first-order chi connectivity index (χ1) is 10.1. The molecule has 0 saturated heterocycles. The van der Waals surface area contributed by atoms with Gasteiger partial charge in [0.2, 0.25) is 5.91 Å². The molecule has 1 N–H and O–H groups in total. The number of carbonyl (C=O) groups excluding carboxylic acids is 1. The molecule has 0 radical (unpaired) electrons. The SMILES string of the molecule is O=C(Nc1ccc(F)cc1F)C(c1ccccc1)C1CC1. The van der Waals surface area contributed by atoms with Crippen molar-refractivity contribution in [1.29, 1.82) is 0 Å². The van der Waals surface area contributed by atoms with E-state index >= 15 is 0 Å². The molecule has 2 nitrogen and oxygen atoms in total. The summed E-state index contributed by atoms with van der Waals surface area (Å²) in [4.78, 5) is 12.5. The van der Waals surface area contributed by atoms with Crippen molar-refractivity contribution in [3.05, 3.63) is 65.7 Å². The monoisotopic (exact) mass is 287 g/mol. The molecule has 0 bridgehead atoms. The van der Waals surface area contributed by atoms with E-state index in [9.17, 15) is 13.6 Å². The first-order valence-corrected chi connectivity index (χ1v) is 6.96. The molecule has 2 aromatic carbocycles. The fourth-order valence-corrected chi connectivity index (χ4v) is 2.53. The van der Waals surface area contributed by atoms with E-state index in [1.807, 2.05) is 30.3 Å². The number of nitrogens with one attached hydrogen (secondary N) is 1. The standard InChI is InChI=1S/C17H15F2NO/c18-13-8-9-15(14(19)10-13)20-17(21)16(12-6-7-12)11-4-2-1-3-5-11/h1-5,8-10,12,16H,6-7H2,(H,20,21). The number of carbonyl (C=O) groups is 1. The van der Waals surface area contributed by atoms with Crippen molar-refractivity contribution in [1.82, 2.24) is 0 Å². The third-order valence-corrected chi connectivity index (χ3v) is 3.72. The molecule has 21 heavy (non-hydrogen) atoms. The van der Waals surface area contributed by atoms with Crippen molar-refractivity contribution in [3.8, 4) is 0 Å². The van der Waals surface area contributed by atoms with Gasteiger partial charge in [-0.15, -0.1) is 0 Å². The maximum Gasteiger partial charge on any atom is 0.232 e. The van der Waals surface area contributed by atoms with Gasteiger partial charge in [0.05, 0.1) is 11.6 Å². The van der Waals surface area contributed by atoms with E-state index in [-0.39, 0.29) is 17.5 Å². The Kier molecular flexibility index (Phi) is 3.69. The van der Waals surface area contributed by atoms with Crippen LogP contribution in [0.15, 0.2) is 48.5 Å².